The van der Waals surface area contributed by atoms with Crippen molar-refractivity contribution in [1.29, 1.82) is 0 Å². The molecule has 3 atom stereocenters. The Hall–Kier alpha value is -1.21. The molecule has 1 saturated heterocycles. The molecule has 24 heavy (non-hydrogen) atoms. The number of aromatic nitrogens is 2. The van der Waals surface area contributed by atoms with E-state index in [1.54, 1.807) is 11.3 Å². The van der Waals surface area contributed by atoms with Gasteiger partial charge in [0, 0.05) is 45.0 Å². The highest BCUT2D eigenvalue weighted by Crippen LogP contribution is 2.33. The molecule has 3 heterocycles. The number of methoxy groups -OCH3 is 1. The summed E-state index contributed by atoms with van der Waals surface area (Å²) in [5.41, 5.74) is 2.43. The highest BCUT2D eigenvalue weighted by Gasteiger charge is 2.38. The quantitative estimate of drug-likeness (QED) is 0.853. The summed E-state index contributed by atoms with van der Waals surface area (Å²) < 4.78 is 13.6. The van der Waals surface area contributed by atoms with E-state index in [2.05, 4.69) is 28.6 Å². The molecule has 2 aliphatic rings. The third-order valence-corrected chi connectivity index (χ3v) is 6.13. The van der Waals surface area contributed by atoms with Crippen LogP contribution in [-0.2, 0) is 23.1 Å². The molecule has 0 amide bonds. The van der Waals surface area contributed by atoms with E-state index in [1.807, 2.05) is 18.8 Å². The van der Waals surface area contributed by atoms with Crippen LogP contribution in [0.5, 0.6) is 0 Å². The number of hydrogen-bond acceptors (Lipinski definition) is 5. The molecule has 130 valence electrons. The van der Waals surface area contributed by atoms with Crippen LogP contribution in [0.25, 0.3) is 10.6 Å². The lowest BCUT2D eigenvalue weighted by atomic mass is 9.87. The molecule has 6 heteroatoms. The van der Waals surface area contributed by atoms with Gasteiger partial charge in [0.2, 0.25) is 0 Å². The van der Waals surface area contributed by atoms with Crippen molar-refractivity contribution < 1.29 is 9.47 Å². The van der Waals surface area contributed by atoms with Gasteiger partial charge in [-0.2, -0.15) is 5.10 Å². The Morgan fingerprint density at radius 2 is 2.33 bits per heavy atom. The maximum absolute atomic E-state index is 6.03. The first-order valence-corrected chi connectivity index (χ1v) is 9.57. The summed E-state index contributed by atoms with van der Waals surface area (Å²) in [4.78, 5) is 3.82. The summed E-state index contributed by atoms with van der Waals surface area (Å²) in [5, 5.41) is 6.81. The summed E-state index contributed by atoms with van der Waals surface area (Å²) in [6, 6.07) is 4.70. The minimum Gasteiger partial charge on any atom is -0.381 e. The van der Waals surface area contributed by atoms with Gasteiger partial charge in [0.1, 0.15) is 5.69 Å². The number of ether oxygens (including phenoxy) is 2. The van der Waals surface area contributed by atoms with Gasteiger partial charge < -0.3 is 9.47 Å². The minimum absolute atomic E-state index is 0.354. The van der Waals surface area contributed by atoms with Crippen molar-refractivity contribution in [3.8, 4) is 10.6 Å². The second kappa shape index (κ2) is 6.96. The lowest BCUT2D eigenvalue weighted by molar-refractivity contribution is -0.116. The van der Waals surface area contributed by atoms with E-state index in [1.165, 1.54) is 10.4 Å². The Balaban J connectivity index is 1.56. The van der Waals surface area contributed by atoms with Crippen molar-refractivity contribution in [2.75, 3.05) is 20.3 Å². The lowest BCUT2D eigenvalue weighted by Crippen LogP contribution is -2.54. The Bertz CT molecular complexity index is 670. The third-order valence-electron chi connectivity index (χ3n) is 5.25. The van der Waals surface area contributed by atoms with Crippen LogP contribution in [0.1, 0.15) is 24.8 Å². The van der Waals surface area contributed by atoms with E-state index in [0.29, 0.717) is 18.2 Å². The molecule has 4 rings (SSSR count). The fourth-order valence-electron chi connectivity index (χ4n) is 4.05. The fourth-order valence-corrected chi connectivity index (χ4v) is 4.79. The van der Waals surface area contributed by atoms with Crippen molar-refractivity contribution in [3.63, 3.8) is 0 Å². The molecule has 1 saturated carbocycles. The first-order chi connectivity index (χ1) is 11.7. The summed E-state index contributed by atoms with van der Waals surface area (Å²) in [6.07, 6.45) is 6.16. The summed E-state index contributed by atoms with van der Waals surface area (Å²) in [5.74, 6) is 0. The number of aryl methyl sites for hydroxylation is 1. The van der Waals surface area contributed by atoms with Crippen molar-refractivity contribution in [1.82, 2.24) is 14.7 Å². The monoisotopic (exact) mass is 347 g/mol. The number of morpholine rings is 1. The first-order valence-electron chi connectivity index (χ1n) is 8.69. The van der Waals surface area contributed by atoms with Gasteiger partial charge in [-0.1, -0.05) is 6.07 Å². The average Bonchev–Trinajstić information content (AvgIpc) is 3.24. The van der Waals surface area contributed by atoms with Crippen LogP contribution in [0, 0.1) is 0 Å². The van der Waals surface area contributed by atoms with E-state index in [-0.39, 0.29) is 0 Å². The molecule has 0 unspecified atom stereocenters. The van der Waals surface area contributed by atoms with Gasteiger partial charge in [0.05, 0.1) is 23.7 Å². The number of rotatable bonds is 4. The number of hydrogen-bond donors (Lipinski definition) is 0. The van der Waals surface area contributed by atoms with Crippen LogP contribution in [0.4, 0.5) is 0 Å². The van der Waals surface area contributed by atoms with Crippen molar-refractivity contribution in [2.24, 2.45) is 7.05 Å². The number of thiophene rings is 1. The largest absolute Gasteiger partial charge is 0.381 e. The van der Waals surface area contributed by atoms with Gasteiger partial charge in [-0.15, -0.1) is 11.3 Å². The predicted octanol–water partition coefficient (Wildman–Crippen LogP) is 2.92. The molecule has 2 fully saturated rings. The zero-order valence-corrected chi connectivity index (χ0v) is 15.2. The fraction of sp³-hybridized carbons (Fsp3) is 0.611. The van der Waals surface area contributed by atoms with E-state index >= 15 is 0 Å². The van der Waals surface area contributed by atoms with Gasteiger partial charge in [-0.3, -0.25) is 9.58 Å². The van der Waals surface area contributed by atoms with E-state index < -0.39 is 0 Å². The molecule has 0 bridgehead atoms. The smallest absolute Gasteiger partial charge is 0.107 e. The predicted molar refractivity (Wildman–Crippen MR) is 95.1 cm³/mol. The van der Waals surface area contributed by atoms with Gasteiger partial charge in [0.15, 0.2) is 0 Å². The molecule has 0 spiro atoms. The van der Waals surface area contributed by atoms with E-state index in [9.17, 15) is 0 Å². The van der Waals surface area contributed by atoms with E-state index in [0.717, 1.165) is 44.7 Å². The van der Waals surface area contributed by atoms with Crippen LogP contribution in [0.15, 0.2) is 23.7 Å². The topological polar surface area (TPSA) is 39.5 Å². The Kier molecular flexibility index (Phi) is 4.72. The van der Waals surface area contributed by atoms with Crippen LogP contribution >= 0.6 is 11.3 Å². The second-order valence-electron chi connectivity index (χ2n) is 6.77. The maximum Gasteiger partial charge on any atom is 0.107 e. The van der Waals surface area contributed by atoms with Crippen LogP contribution in [0.3, 0.4) is 0 Å². The lowest BCUT2D eigenvalue weighted by Gasteiger charge is -2.45. The molecule has 0 radical (unpaired) electrons. The van der Waals surface area contributed by atoms with Gasteiger partial charge in [-0.25, -0.2) is 0 Å². The zero-order chi connectivity index (χ0) is 16.5. The molecular weight excluding hydrogens is 322 g/mol. The Morgan fingerprint density at radius 1 is 1.42 bits per heavy atom. The number of nitrogens with zero attached hydrogens (tertiary/aromatic N) is 3. The summed E-state index contributed by atoms with van der Waals surface area (Å²) in [6.45, 7) is 2.74. The highest BCUT2D eigenvalue weighted by atomic mass is 32.1. The van der Waals surface area contributed by atoms with E-state index in [4.69, 9.17) is 14.6 Å². The van der Waals surface area contributed by atoms with Crippen LogP contribution in [0.2, 0.25) is 0 Å². The minimum atomic E-state index is 0.354. The van der Waals surface area contributed by atoms with Crippen molar-refractivity contribution in [3.05, 3.63) is 29.3 Å². The summed E-state index contributed by atoms with van der Waals surface area (Å²) in [7, 11) is 3.83. The Labute approximate surface area is 147 Å². The molecule has 0 aromatic carbocycles. The second-order valence-corrected chi connectivity index (χ2v) is 7.72. The van der Waals surface area contributed by atoms with Crippen molar-refractivity contribution in [2.45, 2.75) is 44.1 Å². The molecule has 1 aliphatic heterocycles. The molecule has 0 N–H and O–H groups in total. The first kappa shape index (κ1) is 16.3. The number of fused-ring (bicyclic) bond motifs is 1. The summed E-state index contributed by atoms with van der Waals surface area (Å²) >= 11 is 1.75. The molecular formula is C18H25N3O2S. The highest BCUT2D eigenvalue weighted by molar-refractivity contribution is 7.13. The van der Waals surface area contributed by atoms with Gasteiger partial charge >= 0.3 is 0 Å². The Morgan fingerprint density at radius 3 is 3.12 bits per heavy atom. The molecule has 5 nitrogen and oxygen atoms in total. The SMILES string of the molecule is CO[C@@H]1CC[C@@H]2OCCN(Cc3cn(C)nc3-c3cccs3)[C@@H]2C1. The standard InChI is InChI=1S/C18H25N3O2S/c1-20-11-13(18(19-20)17-4-3-9-24-17)12-21-7-8-23-16-6-5-14(22-2)10-15(16)21/h3-4,9,11,14-16H,5-8,10,12H2,1-2H3/t14-,15-,16+/m1/s1. The van der Waals surface area contributed by atoms with Crippen LogP contribution < -0.4 is 0 Å². The van der Waals surface area contributed by atoms with Gasteiger partial charge in [0.25, 0.3) is 0 Å². The third kappa shape index (κ3) is 3.16. The molecule has 2 aromatic heterocycles. The average molecular weight is 347 g/mol. The van der Waals surface area contributed by atoms with Crippen LogP contribution in [-0.4, -0.2) is 53.2 Å². The van der Waals surface area contributed by atoms with Gasteiger partial charge in [-0.05, 0) is 30.7 Å². The van der Waals surface area contributed by atoms with Crippen molar-refractivity contribution >= 4 is 11.3 Å². The maximum atomic E-state index is 6.03. The molecule has 1 aliphatic carbocycles. The normalized spacial score (nSPS) is 28.0. The zero-order valence-electron chi connectivity index (χ0n) is 14.4. The molecule has 2 aromatic rings.